The molecule has 1 fully saturated rings. The average Bonchev–Trinajstić information content (AvgIpc) is 2.14. The van der Waals surface area contributed by atoms with Crippen LogP contribution in [0.15, 0.2) is 0 Å². The number of hydrogen-bond donors (Lipinski definition) is 0. The molecule has 0 radical (unpaired) electrons. The van der Waals surface area contributed by atoms with Crippen LogP contribution >= 0.6 is 0 Å². The van der Waals surface area contributed by atoms with Gasteiger partial charge in [-0.1, -0.05) is 19.8 Å². The normalized spacial score (nSPS) is 24.6. The van der Waals surface area contributed by atoms with Gasteiger partial charge in [-0.15, -0.1) is 0 Å². The van der Waals surface area contributed by atoms with Crippen molar-refractivity contribution >= 4 is 0 Å². The third-order valence-corrected chi connectivity index (χ3v) is 3.65. The molecule has 0 bridgehead atoms. The van der Waals surface area contributed by atoms with Crippen molar-refractivity contribution in [3.8, 4) is 0 Å². The highest BCUT2D eigenvalue weighted by molar-refractivity contribution is 4.92. The fourth-order valence-corrected chi connectivity index (χ4v) is 2.83. The zero-order valence-corrected chi connectivity index (χ0v) is 11.8. The molecule has 0 spiro atoms. The van der Waals surface area contributed by atoms with Crippen LogP contribution in [0.4, 0.5) is 0 Å². The Morgan fingerprint density at radius 3 is 2.06 bits per heavy atom. The highest BCUT2D eigenvalue weighted by atomic mass is 16.7. The van der Waals surface area contributed by atoms with Crippen molar-refractivity contribution in [2.75, 3.05) is 6.61 Å². The summed E-state index contributed by atoms with van der Waals surface area (Å²) >= 11 is 0. The smallest absolute Gasteiger partial charge is 0.0685 e. The SMILES string of the molecule is CCCCCON1C(C)(C)CCCC1(C)C. The minimum atomic E-state index is 0.188. The van der Waals surface area contributed by atoms with Gasteiger partial charge in [0.25, 0.3) is 0 Å². The van der Waals surface area contributed by atoms with E-state index in [1.54, 1.807) is 0 Å². The monoisotopic (exact) mass is 227 g/mol. The van der Waals surface area contributed by atoms with Gasteiger partial charge in [0.2, 0.25) is 0 Å². The topological polar surface area (TPSA) is 12.5 Å². The van der Waals surface area contributed by atoms with E-state index in [2.05, 4.69) is 39.7 Å². The van der Waals surface area contributed by atoms with E-state index in [1.165, 1.54) is 38.5 Å². The summed E-state index contributed by atoms with van der Waals surface area (Å²) in [6.07, 6.45) is 7.51. The molecule has 1 rings (SSSR count). The predicted molar refractivity (Wildman–Crippen MR) is 69.3 cm³/mol. The largest absolute Gasteiger partial charge is 0.298 e. The molecule has 0 unspecified atom stereocenters. The van der Waals surface area contributed by atoms with Crippen LogP contribution in [-0.2, 0) is 4.84 Å². The molecule has 0 amide bonds. The van der Waals surface area contributed by atoms with E-state index in [9.17, 15) is 0 Å². The van der Waals surface area contributed by atoms with E-state index < -0.39 is 0 Å². The van der Waals surface area contributed by atoms with Crippen LogP contribution in [0.1, 0.15) is 73.1 Å². The van der Waals surface area contributed by atoms with Crippen LogP contribution in [0.5, 0.6) is 0 Å². The second-order valence-electron chi connectivity index (χ2n) is 6.31. The molecule has 0 aromatic carbocycles. The number of unbranched alkanes of at least 4 members (excludes halogenated alkanes) is 2. The van der Waals surface area contributed by atoms with Crippen LogP contribution in [0.2, 0.25) is 0 Å². The molecule has 0 atom stereocenters. The van der Waals surface area contributed by atoms with Crippen LogP contribution < -0.4 is 0 Å². The summed E-state index contributed by atoms with van der Waals surface area (Å²) in [6.45, 7) is 12.3. The molecule has 0 aromatic heterocycles. The van der Waals surface area contributed by atoms with E-state index in [1.807, 2.05) is 0 Å². The summed E-state index contributed by atoms with van der Waals surface area (Å²) in [5.74, 6) is 0. The van der Waals surface area contributed by atoms with Crippen molar-refractivity contribution in [3.63, 3.8) is 0 Å². The van der Waals surface area contributed by atoms with E-state index in [4.69, 9.17) is 4.84 Å². The van der Waals surface area contributed by atoms with Gasteiger partial charge in [0.05, 0.1) is 6.61 Å². The lowest BCUT2D eigenvalue weighted by Crippen LogP contribution is -2.58. The molecule has 0 saturated carbocycles. The van der Waals surface area contributed by atoms with Gasteiger partial charge in [-0.25, -0.2) is 0 Å². The van der Waals surface area contributed by atoms with Crippen molar-refractivity contribution in [1.82, 2.24) is 5.06 Å². The molecular formula is C14H29NO. The maximum atomic E-state index is 6.05. The van der Waals surface area contributed by atoms with Gasteiger partial charge in [0.1, 0.15) is 0 Å². The van der Waals surface area contributed by atoms with Gasteiger partial charge in [0, 0.05) is 11.1 Å². The quantitative estimate of drug-likeness (QED) is 0.654. The molecule has 0 aromatic rings. The standard InChI is InChI=1S/C14H29NO/c1-6-7-8-12-16-15-13(2,3)10-9-11-14(15,4)5/h6-12H2,1-5H3. The summed E-state index contributed by atoms with van der Waals surface area (Å²) in [6, 6.07) is 0. The third-order valence-electron chi connectivity index (χ3n) is 3.65. The van der Waals surface area contributed by atoms with E-state index in [-0.39, 0.29) is 11.1 Å². The molecular weight excluding hydrogens is 198 g/mol. The number of hydrogen-bond acceptors (Lipinski definition) is 2. The molecule has 0 aliphatic carbocycles. The molecule has 16 heavy (non-hydrogen) atoms. The summed E-state index contributed by atoms with van der Waals surface area (Å²) in [4.78, 5) is 6.05. The second-order valence-corrected chi connectivity index (χ2v) is 6.31. The number of nitrogens with zero attached hydrogens (tertiary/aromatic N) is 1. The maximum Gasteiger partial charge on any atom is 0.0685 e. The first-order valence-electron chi connectivity index (χ1n) is 6.83. The number of piperidine rings is 1. The Labute approximate surface area is 101 Å². The van der Waals surface area contributed by atoms with Crippen LogP contribution in [0, 0.1) is 0 Å². The fourth-order valence-electron chi connectivity index (χ4n) is 2.83. The minimum Gasteiger partial charge on any atom is -0.298 e. The van der Waals surface area contributed by atoms with Crippen molar-refractivity contribution in [2.45, 2.75) is 84.2 Å². The Morgan fingerprint density at radius 1 is 1.00 bits per heavy atom. The molecule has 96 valence electrons. The first kappa shape index (κ1) is 14.0. The predicted octanol–water partition coefficient (Wildman–Crippen LogP) is 4.15. The first-order chi connectivity index (χ1) is 7.40. The molecule has 1 aliphatic heterocycles. The molecule has 1 aliphatic rings. The Kier molecular flexibility index (Phi) is 4.81. The van der Waals surface area contributed by atoms with Gasteiger partial charge < -0.3 is 0 Å². The van der Waals surface area contributed by atoms with E-state index in [0.29, 0.717) is 0 Å². The Bertz CT molecular complexity index is 195. The first-order valence-corrected chi connectivity index (χ1v) is 6.83. The van der Waals surface area contributed by atoms with Crippen molar-refractivity contribution in [1.29, 1.82) is 0 Å². The Hall–Kier alpha value is -0.0800. The number of hydroxylamine groups is 2. The van der Waals surface area contributed by atoms with Gasteiger partial charge in [-0.2, -0.15) is 5.06 Å². The Morgan fingerprint density at radius 2 is 1.56 bits per heavy atom. The number of rotatable bonds is 5. The summed E-state index contributed by atoms with van der Waals surface area (Å²) in [5, 5.41) is 2.26. The lowest BCUT2D eigenvalue weighted by Gasteiger charge is -2.51. The molecule has 1 saturated heterocycles. The second kappa shape index (κ2) is 5.50. The van der Waals surface area contributed by atoms with Crippen molar-refractivity contribution < 1.29 is 4.84 Å². The van der Waals surface area contributed by atoms with E-state index >= 15 is 0 Å². The minimum absolute atomic E-state index is 0.188. The molecule has 0 N–H and O–H groups in total. The average molecular weight is 227 g/mol. The van der Waals surface area contributed by atoms with Gasteiger partial charge in [-0.3, -0.25) is 4.84 Å². The lowest BCUT2D eigenvalue weighted by atomic mass is 9.82. The molecule has 2 heteroatoms. The summed E-state index contributed by atoms with van der Waals surface area (Å²) in [5.41, 5.74) is 0.377. The van der Waals surface area contributed by atoms with Gasteiger partial charge >= 0.3 is 0 Å². The van der Waals surface area contributed by atoms with E-state index in [0.717, 1.165) is 6.61 Å². The lowest BCUT2D eigenvalue weighted by molar-refractivity contribution is -0.281. The van der Waals surface area contributed by atoms with Crippen LogP contribution in [-0.4, -0.2) is 22.7 Å². The fraction of sp³-hybridized carbons (Fsp3) is 1.00. The summed E-state index contributed by atoms with van der Waals surface area (Å²) in [7, 11) is 0. The highest BCUT2D eigenvalue weighted by Crippen LogP contribution is 2.38. The highest BCUT2D eigenvalue weighted by Gasteiger charge is 2.42. The van der Waals surface area contributed by atoms with Crippen LogP contribution in [0.25, 0.3) is 0 Å². The van der Waals surface area contributed by atoms with Gasteiger partial charge in [-0.05, 0) is 53.4 Å². The van der Waals surface area contributed by atoms with Crippen LogP contribution in [0.3, 0.4) is 0 Å². The molecule has 2 nitrogen and oxygen atoms in total. The van der Waals surface area contributed by atoms with Gasteiger partial charge in [0.15, 0.2) is 0 Å². The van der Waals surface area contributed by atoms with Crippen molar-refractivity contribution in [3.05, 3.63) is 0 Å². The maximum absolute atomic E-state index is 6.05. The van der Waals surface area contributed by atoms with Crippen molar-refractivity contribution in [2.24, 2.45) is 0 Å². The third kappa shape index (κ3) is 3.46. The zero-order valence-electron chi connectivity index (χ0n) is 11.8. The zero-order chi connectivity index (χ0) is 12.2. The Balaban J connectivity index is 2.50. The molecule has 1 heterocycles. The summed E-state index contributed by atoms with van der Waals surface area (Å²) < 4.78 is 0.